The maximum atomic E-state index is 14.9. The van der Waals surface area contributed by atoms with E-state index in [0.717, 1.165) is 0 Å². The molecular formula is C20H14F3N3O3S. The first-order valence-corrected chi connectivity index (χ1v) is 9.78. The average molecular weight is 433 g/mol. The highest BCUT2D eigenvalue weighted by Gasteiger charge is 2.25. The van der Waals surface area contributed by atoms with Gasteiger partial charge in [0.15, 0.2) is 17.4 Å². The second-order valence-corrected chi connectivity index (χ2v) is 7.13. The fraction of sp³-hybridized carbons (Fsp3) is 0.150. The zero-order chi connectivity index (χ0) is 21.8. The van der Waals surface area contributed by atoms with E-state index in [4.69, 9.17) is 9.81 Å². The summed E-state index contributed by atoms with van der Waals surface area (Å²) in [5.41, 5.74) is -0.620. The van der Waals surface area contributed by atoms with Crippen molar-refractivity contribution < 1.29 is 26.7 Å². The molecule has 0 fully saturated rings. The molecule has 0 aliphatic rings. The van der Waals surface area contributed by atoms with Gasteiger partial charge in [-0.2, -0.15) is 5.26 Å². The van der Waals surface area contributed by atoms with Crippen LogP contribution in [-0.2, 0) is 17.7 Å². The molecule has 3 aromatic rings. The van der Waals surface area contributed by atoms with Crippen molar-refractivity contribution in [2.75, 3.05) is 6.54 Å². The van der Waals surface area contributed by atoms with Crippen LogP contribution in [0.2, 0.25) is 0 Å². The highest BCUT2D eigenvalue weighted by Crippen LogP contribution is 2.25. The van der Waals surface area contributed by atoms with Crippen molar-refractivity contribution in [2.24, 2.45) is 0 Å². The van der Waals surface area contributed by atoms with Crippen LogP contribution in [0.5, 0.6) is 0 Å². The van der Waals surface area contributed by atoms with E-state index in [1.54, 1.807) is 0 Å². The summed E-state index contributed by atoms with van der Waals surface area (Å²) in [5, 5.41) is 9.39. The Hall–Kier alpha value is -3.13. The molecule has 6 nitrogen and oxygen atoms in total. The monoisotopic (exact) mass is 433 g/mol. The number of nitriles is 1. The molecule has 2 aromatic carbocycles. The van der Waals surface area contributed by atoms with Crippen LogP contribution in [0.25, 0.3) is 10.9 Å². The lowest BCUT2D eigenvalue weighted by Crippen LogP contribution is -2.18. The molecule has 0 amide bonds. The molecule has 1 heterocycles. The van der Waals surface area contributed by atoms with Crippen LogP contribution in [-0.4, -0.2) is 26.1 Å². The maximum Gasteiger partial charge on any atom is 0.231 e. The minimum Gasteiger partial charge on any atom is -0.294 e. The Balaban J connectivity index is 1.97. The van der Waals surface area contributed by atoms with Gasteiger partial charge >= 0.3 is 0 Å². The zero-order valence-corrected chi connectivity index (χ0v) is 16.1. The molecule has 0 radical (unpaired) electrons. The third kappa shape index (κ3) is 4.54. The summed E-state index contributed by atoms with van der Waals surface area (Å²) >= 11 is -2.24. The number of benzene rings is 2. The van der Waals surface area contributed by atoms with Gasteiger partial charge < -0.3 is 0 Å². The summed E-state index contributed by atoms with van der Waals surface area (Å²) in [6.45, 7) is 0.0315. The number of fused-ring (bicyclic) bond motifs is 1. The minimum atomic E-state index is -2.24. The summed E-state index contributed by atoms with van der Waals surface area (Å²) in [5.74, 6) is -5.21. The van der Waals surface area contributed by atoms with Crippen LogP contribution >= 0.6 is 0 Å². The van der Waals surface area contributed by atoms with E-state index in [9.17, 15) is 22.2 Å². The van der Waals surface area contributed by atoms with Crippen molar-refractivity contribution in [3.05, 3.63) is 76.2 Å². The average Bonchev–Trinajstić information content (AvgIpc) is 2.73. The van der Waals surface area contributed by atoms with Gasteiger partial charge in [-0.3, -0.25) is 14.3 Å². The van der Waals surface area contributed by atoms with Crippen LogP contribution in [0.3, 0.4) is 0 Å². The Morgan fingerprint density at radius 2 is 1.97 bits per heavy atom. The lowest BCUT2D eigenvalue weighted by molar-refractivity contribution is 0.102. The number of nitrogens with one attached hydrogen (secondary N) is 1. The number of rotatable bonds is 7. The van der Waals surface area contributed by atoms with Gasteiger partial charge in [0, 0.05) is 23.7 Å². The van der Waals surface area contributed by atoms with Gasteiger partial charge in [0.2, 0.25) is 11.3 Å². The number of ketones is 1. The fourth-order valence-corrected chi connectivity index (χ4v) is 3.27. The van der Waals surface area contributed by atoms with Crippen molar-refractivity contribution in [3.8, 4) is 6.07 Å². The lowest BCUT2D eigenvalue weighted by atomic mass is 9.96. The van der Waals surface area contributed by atoms with Crippen LogP contribution in [0, 0.1) is 28.8 Å². The lowest BCUT2D eigenvalue weighted by Gasteiger charge is -2.11. The Bertz CT molecular complexity index is 1210. The molecule has 3 rings (SSSR count). The highest BCUT2D eigenvalue weighted by atomic mass is 32.2. The molecular weight excluding hydrogens is 419 g/mol. The fourth-order valence-electron chi connectivity index (χ4n) is 2.95. The Labute approximate surface area is 171 Å². The smallest absolute Gasteiger partial charge is 0.231 e. The van der Waals surface area contributed by atoms with Gasteiger partial charge in [-0.05, 0) is 48.7 Å². The largest absolute Gasteiger partial charge is 0.294 e. The highest BCUT2D eigenvalue weighted by molar-refractivity contribution is 7.77. The number of nitrogens with zero attached hydrogens (tertiary/aromatic N) is 2. The second kappa shape index (κ2) is 9.13. The molecule has 2 N–H and O–H groups in total. The van der Waals surface area contributed by atoms with Crippen LogP contribution < -0.4 is 4.72 Å². The van der Waals surface area contributed by atoms with Gasteiger partial charge in [-0.15, -0.1) is 0 Å². The first-order valence-electron chi connectivity index (χ1n) is 8.67. The molecule has 1 unspecified atom stereocenters. The van der Waals surface area contributed by atoms with Gasteiger partial charge in [0.25, 0.3) is 0 Å². The summed E-state index contributed by atoms with van der Waals surface area (Å²) in [4.78, 5) is 16.8. The van der Waals surface area contributed by atoms with Crippen LogP contribution in [0.4, 0.5) is 13.2 Å². The van der Waals surface area contributed by atoms with E-state index in [0.29, 0.717) is 17.0 Å². The third-order valence-corrected chi connectivity index (χ3v) is 4.83. The molecule has 0 aliphatic heterocycles. The molecule has 0 saturated carbocycles. The first kappa shape index (κ1) is 21.6. The molecule has 154 valence electrons. The number of carbonyl (C=O) groups excluding carboxylic acids is 1. The van der Waals surface area contributed by atoms with E-state index >= 15 is 0 Å². The van der Waals surface area contributed by atoms with Crippen molar-refractivity contribution in [1.82, 2.24) is 9.71 Å². The first-order chi connectivity index (χ1) is 14.3. The number of hydrogen-bond acceptors (Lipinski definition) is 4. The normalized spacial score (nSPS) is 12.0. The molecule has 30 heavy (non-hydrogen) atoms. The second-order valence-electron chi connectivity index (χ2n) is 6.34. The van der Waals surface area contributed by atoms with Crippen molar-refractivity contribution in [2.45, 2.75) is 12.8 Å². The zero-order valence-electron chi connectivity index (χ0n) is 15.3. The van der Waals surface area contributed by atoms with Gasteiger partial charge in [0.1, 0.15) is 11.9 Å². The predicted molar refractivity (Wildman–Crippen MR) is 103 cm³/mol. The molecule has 1 atom stereocenters. The standard InChI is InChI=1S/C20H14F3N3O3S/c21-15-8-12(2-1-5-26-30(28)29)18(22)17(19(15)23)20(27)13-3-4-16-14(7-13)6-11(9-24)10-25-16/h3-4,6-8,10,26H,1-2,5H2,(H,28,29). The van der Waals surface area contributed by atoms with Gasteiger partial charge in [-0.25, -0.2) is 22.1 Å². The van der Waals surface area contributed by atoms with Crippen molar-refractivity contribution in [3.63, 3.8) is 0 Å². The Kier molecular flexibility index (Phi) is 6.56. The van der Waals surface area contributed by atoms with Gasteiger partial charge in [0.05, 0.1) is 16.6 Å². The molecule has 1 aromatic heterocycles. The predicted octanol–water partition coefficient (Wildman–Crippen LogP) is 3.41. The van der Waals surface area contributed by atoms with Crippen LogP contribution in [0.1, 0.15) is 33.5 Å². The van der Waals surface area contributed by atoms with E-state index in [1.807, 2.05) is 6.07 Å². The Morgan fingerprint density at radius 1 is 1.20 bits per heavy atom. The number of hydrogen-bond donors (Lipinski definition) is 2. The number of aryl methyl sites for hydroxylation is 1. The topological polar surface area (TPSA) is 103 Å². The number of halogens is 3. The molecule has 0 spiro atoms. The van der Waals surface area contributed by atoms with E-state index < -0.39 is 40.1 Å². The van der Waals surface area contributed by atoms with E-state index in [2.05, 4.69) is 9.71 Å². The molecule has 0 saturated heterocycles. The summed E-state index contributed by atoms with van der Waals surface area (Å²) in [6.07, 6.45) is 1.42. The summed E-state index contributed by atoms with van der Waals surface area (Å²) < 4.78 is 64.6. The molecule has 0 bridgehead atoms. The van der Waals surface area contributed by atoms with Crippen molar-refractivity contribution >= 4 is 28.0 Å². The number of carbonyl (C=O) groups is 1. The summed E-state index contributed by atoms with van der Waals surface area (Å²) in [7, 11) is 0. The third-order valence-electron chi connectivity index (χ3n) is 4.38. The quantitative estimate of drug-likeness (QED) is 0.257. The van der Waals surface area contributed by atoms with Gasteiger partial charge in [-0.1, -0.05) is 0 Å². The van der Waals surface area contributed by atoms with E-state index in [1.165, 1.54) is 30.5 Å². The molecule has 0 aliphatic carbocycles. The number of pyridine rings is 1. The maximum absolute atomic E-state index is 14.9. The minimum absolute atomic E-state index is 0.0315. The van der Waals surface area contributed by atoms with Crippen LogP contribution in [0.15, 0.2) is 36.5 Å². The summed E-state index contributed by atoms with van der Waals surface area (Å²) in [6, 6.07) is 8.15. The van der Waals surface area contributed by atoms with Crippen molar-refractivity contribution in [1.29, 1.82) is 5.26 Å². The van der Waals surface area contributed by atoms with E-state index in [-0.39, 0.29) is 36.1 Å². The molecule has 10 heteroatoms. The number of aromatic nitrogens is 1. The SMILES string of the molecule is N#Cc1cnc2ccc(C(=O)c3c(F)c(F)cc(CCCNS(=O)O)c3F)cc2c1. The Morgan fingerprint density at radius 3 is 2.67 bits per heavy atom.